The average molecular weight is 485 g/mol. The number of anilines is 1. The summed E-state index contributed by atoms with van der Waals surface area (Å²) in [7, 11) is 0. The van der Waals surface area contributed by atoms with E-state index in [0.717, 1.165) is 46.4 Å². The SMILES string of the molecule is Cc1ccccc1C(=O)Nc1ccc(C(=O)C2=c3ccc4c(c3CCC2)C(N)C=c2ccccc2=4)cc1. The van der Waals surface area contributed by atoms with Gasteiger partial charge in [-0.2, -0.15) is 0 Å². The quantitative estimate of drug-likeness (QED) is 0.413. The van der Waals surface area contributed by atoms with E-state index in [1.165, 1.54) is 16.0 Å². The van der Waals surface area contributed by atoms with Gasteiger partial charge in [0.2, 0.25) is 0 Å². The fraction of sp³-hybridized carbons (Fsp3) is 0.152. The van der Waals surface area contributed by atoms with E-state index < -0.39 is 0 Å². The Morgan fingerprint density at radius 1 is 0.811 bits per heavy atom. The Hall–Kier alpha value is -4.28. The molecule has 0 saturated heterocycles. The van der Waals surface area contributed by atoms with E-state index in [4.69, 9.17) is 5.73 Å². The Kier molecular flexibility index (Phi) is 5.82. The van der Waals surface area contributed by atoms with Crippen molar-refractivity contribution in [3.63, 3.8) is 0 Å². The maximum Gasteiger partial charge on any atom is 0.255 e. The number of aryl methyl sites for hydroxylation is 1. The summed E-state index contributed by atoms with van der Waals surface area (Å²) < 4.78 is 0. The first-order valence-corrected chi connectivity index (χ1v) is 12.7. The van der Waals surface area contributed by atoms with Gasteiger partial charge in [-0.3, -0.25) is 9.59 Å². The van der Waals surface area contributed by atoms with Gasteiger partial charge < -0.3 is 11.1 Å². The van der Waals surface area contributed by atoms with Crippen LogP contribution in [0, 0.1) is 17.4 Å². The van der Waals surface area contributed by atoms with Gasteiger partial charge in [0.05, 0.1) is 0 Å². The van der Waals surface area contributed by atoms with Gasteiger partial charge in [0.15, 0.2) is 5.78 Å². The van der Waals surface area contributed by atoms with Crippen molar-refractivity contribution in [2.45, 2.75) is 32.2 Å². The van der Waals surface area contributed by atoms with Gasteiger partial charge in [-0.1, -0.05) is 60.7 Å². The summed E-state index contributed by atoms with van der Waals surface area (Å²) in [4.78, 5) is 26.3. The van der Waals surface area contributed by atoms with Crippen molar-refractivity contribution < 1.29 is 9.59 Å². The van der Waals surface area contributed by atoms with Crippen molar-refractivity contribution in [3.8, 4) is 0 Å². The number of hydrogen-bond donors (Lipinski definition) is 2. The van der Waals surface area contributed by atoms with E-state index in [0.29, 0.717) is 16.8 Å². The minimum atomic E-state index is -0.189. The number of benzene rings is 4. The summed E-state index contributed by atoms with van der Waals surface area (Å²) >= 11 is 0. The van der Waals surface area contributed by atoms with Crippen molar-refractivity contribution in [2.75, 3.05) is 5.32 Å². The largest absolute Gasteiger partial charge is 0.322 e. The topological polar surface area (TPSA) is 72.2 Å². The molecule has 0 aromatic heterocycles. The molecule has 4 aromatic carbocycles. The smallest absolute Gasteiger partial charge is 0.255 e. The second-order valence-electron chi connectivity index (χ2n) is 9.84. The van der Waals surface area contributed by atoms with E-state index >= 15 is 0 Å². The number of hydrogen-bond acceptors (Lipinski definition) is 3. The van der Waals surface area contributed by atoms with Crippen LogP contribution in [0.25, 0.3) is 11.6 Å². The van der Waals surface area contributed by atoms with Crippen molar-refractivity contribution in [1.82, 2.24) is 0 Å². The molecule has 4 aromatic rings. The fourth-order valence-electron chi connectivity index (χ4n) is 5.71. The Balaban J connectivity index is 1.36. The second-order valence-corrected chi connectivity index (χ2v) is 9.84. The molecule has 37 heavy (non-hydrogen) atoms. The summed E-state index contributed by atoms with van der Waals surface area (Å²) in [5.74, 6) is -0.126. The Morgan fingerprint density at radius 2 is 1.54 bits per heavy atom. The van der Waals surface area contributed by atoms with Gasteiger partial charge in [-0.15, -0.1) is 0 Å². The molecule has 0 spiro atoms. The van der Waals surface area contributed by atoms with Gasteiger partial charge in [-0.25, -0.2) is 0 Å². The maximum atomic E-state index is 13.6. The molecule has 0 fully saturated rings. The first-order valence-electron chi connectivity index (χ1n) is 12.7. The highest BCUT2D eigenvalue weighted by Crippen LogP contribution is 2.27. The molecule has 3 N–H and O–H groups in total. The molecular formula is C33H28N2O2. The number of nitrogens with one attached hydrogen (secondary N) is 1. The number of fused-ring (bicyclic) bond motifs is 4. The second kappa shape index (κ2) is 9.30. The molecule has 4 nitrogen and oxygen atoms in total. The Morgan fingerprint density at radius 3 is 2.35 bits per heavy atom. The third-order valence-electron chi connectivity index (χ3n) is 7.55. The van der Waals surface area contributed by atoms with Crippen LogP contribution in [0.5, 0.6) is 0 Å². The van der Waals surface area contributed by atoms with Gasteiger partial charge in [-0.05, 0) is 94.1 Å². The molecule has 182 valence electrons. The number of Topliss-reactive ketones (excluding diaryl/α,β-unsaturated/α-hetero) is 1. The van der Waals surface area contributed by atoms with Crippen molar-refractivity contribution in [3.05, 3.63) is 134 Å². The van der Waals surface area contributed by atoms with E-state index in [1.54, 1.807) is 30.3 Å². The van der Waals surface area contributed by atoms with Crippen molar-refractivity contribution in [1.29, 1.82) is 0 Å². The van der Waals surface area contributed by atoms with Crippen LogP contribution in [0.1, 0.15) is 56.3 Å². The average Bonchev–Trinajstić information content (AvgIpc) is 2.92. The molecule has 1 amide bonds. The number of ketones is 1. The predicted octanol–water partition coefficient (Wildman–Crippen LogP) is 4.70. The highest BCUT2D eigenvalue weighted by molar-refractivity contribution is 6.24. The molecule has 0 aliphatic heterocycles. The molecule has 0 radical (unpaired) electrons. The molecule has 1 unspecified atom stereocenters. The van der Waals surface area contributed by atoms with E-state index in [-0.39, 0.29) is 17.7 Å². The lowest BCUT2D eigenvalue weighted by atomic mass is 9.82. The van der Waals surface area contributed by atoms with Crippen LogP contribution in [-0.4, -0.2) is 11.7 Å². The van der Waals surface area contributed by atoms with Gasteiger partial charge in [0.25, 0.3) is 5.91 Å². The lowest BCUT2D eigenvalue weighted by molar-refractivity contribution is 0.102. The van der Waals surface area contributed by atoms with Gasteiger partial charge >= 0.3 is 0 Å². The third kappa shape index (κ3) is 4.09. The van der Waals surface area contributed by atoms with Crippen LogP contribution >= 0.6 is 0 Å². The van der Waals surface area contributed by atoms with Crippen molar-refractivity contribution in [2.24, 2.45) is 5.73 Å². The summed E-state index contributed by atoms with van der Waals surface area (Å²) in [6, 6.07) is 27.0. The zero-order valence-corrected chi connectivity index (χ0v) is 20.8. The molecule has 2 aliphatic carbocycles. The first kappa shape index (κ1) is 23.1. The van der Waals surface area contributed by atoms with Crippen LogP contribution in [0.3, 0.4) is 0 Å². The van der Waals surface area contributed by atoms with Crippen LogP contribution in [0.15, 0.2) is 84.9 Å². The summed E-state index contributed by atoms with van der Waals surface area (Å²) in [5.41, 5.74) is 12.7. The number of carbonyl (C=O) groups excluding carboxylic acids is 2. The minimum absolute atomic E-state index is 0.0337. The normalized spacial score (nSPS) is 15.6. The van der Waals surface area contributed by atoms with Crippen LogP contribution < -0.4 is 21.5 Å². The minimum Gasteiger partial charge on any atom is -0.322 e. The number of amides is 1. The standard InChI is InChI=1S/C33H28N2O2/c1-20-7-2-4-9-24(20)33(37)35-23-15-13-21(14-16-23)32(36)29-12-6-11-27-26(29)17-18-28-25-10-5-3-8-22(25)19-30(34)31(27)28/h2-5,7-10,13-19,30H,6,11-12,34H2,1H3,(H,35,37). The monoisotopic (exact) mass is 484 g/mol. The van der Waals surface area contributed by atoms with Gasteiger partial charge in [0.1, 0.15) is 0 Å². The lowest BCUT2D eigenvalue weighted by Crippen LogP contribution is -2.29. The summed E-state index contributed by atoms with van der Waals surface area (Å²) in [6.07, 6.45) is 4.70. The molecule has 2 aliphatic rings. The molecular weight excluding hydrogens is 456 g/mol. The number of nitrogens with two attached hydrogens (primary N) is 1. The molecule has 0 saturated carbocycles. The van der Waals surface area contributed by atoms with Crippen LogP contribution in [0.4, 0.5) is 5.69 Å². The van der Waals surface area contributed by atoms with E-state index in [2.05, 4.69) is 41.7 Å². The van der Waals surface area contributed by atoms with Crippen LogP contribution in [0.2, 0.25) is 0 Å². The number of rotatable bonds is 4. The van der Waals surface area contributed by atoms with E-state index in [1.807, 2.05) is 31.2 Å². The highest BCUT2D eigenvalue weighted by atomic mass is 16.1. The predicted molar refractivity (Wildman–Crippen MR) is 147 cm³/mol. The van der Waals surface area contributed by atoms with Crippen LogP contribution in [-0.2, 0) is 6.42 Å². The molecule has 1 atom stereocenters. The van der Waals surface area contributed by atoms with Gasteiger partial charge in [0, 0.05) is 28.4 Å². The zero-order chi connectivity index (χ0) is 25.5. The summed E-state index contributed by atoms with van der Waals surface area (Å²) in [6.45, 7) is 1.91. The molecule has 4 heteroatoms. The first-order chi connectivity index (χ1) is 18.0. The lowest BCUT2D eigenvalue weighted by Gasteiger charge is -2.23. The Bertz CT molecular complexity index is 1790. The molecule has 0 bridgehead atoms. The molecule has 6 rings (SSSR count). The molecule has 0 heterocycles. The summed E-state index contributed by atoms with van der Waals surface area (Å²) in [5, 5.41) is 7.49. The van der Waals surface area contributed by atoms with E-state index in [9.17, 15) is 9.59 Å². The fourth-order valence-corrected chi connectivity index (χ4v) is 5.71. The van der Waals surface area contributed by atoms with Crippen molar-refractivity contribution >= 4 is 29.0 Å². The number of carbonyl (C=O) groups is 2. The highest BCUT2D eigenvalue weighted by Gasteiger charge is 2.23. The third-order valence-corrected chi connectivity index (χ3v) is 7.55. The Labute approximate surface area is 215 Å². The maximum absolute atomic E-state index is 13.6. The zero-order valence-electron chi connectivity index (χ0n) is 20.8.